The number of nitrogens with zero attached hydrogens (tertiary/aromatic N) is 1. The third-order valence-corrected chi connectivity index (χ3v) is 5.04. The molecule has 5 nitrogen and oxygen atoms in total. The topological polar surface area (TPSA) is 70.6 Å². The van der Waals surface area contributed by atoms with Gasteiger partial charge in [0, 0.05) is 26.4 Å². The first-order valence-electron chi connectivity index (χ1n) is 8.78. The zero-order valence-corrected chi connectivity index (χ0v) is 19.5. The van der Waals surface area contributed by atoms with Gasteiger partial charge in [0.1, 0.15) is 5.82 Å². The largest absolute Gasteiger partial charge is 0.352 e. The first kappa shape index (κ1) is 24.4. The van der Waals surface area contributed by atoms with Crippen LogP contribution in [-0.4, -0.2) is 27.7 Å². The summed E-state index contributed by atoms with van der Waals surface area (Å²) in [6.07, 6.45) is 2.11. The first-order chi connectivity index (χ1) is 12.8. The second kappa shape index (κ2) is 11.4. The van der Waals surface area contributed by atoms with Crippen molar-refractivity contribution in [2.75, 3.05) is 13.3 Å². The van der Waals surface area contributed by atoms with Crippen LogP contribution in [-0.2, 0) is 35.1 Å². The molecule has 0 unspecified atom stereocenters. The maximum absolute atomic E-state index is 13.6. The van der Waals surface area contributed by atoms with E-state index >= 15 is 0 Å². The third-order valence-electron chi connectivity index (χ3n) is 4.20. The van der Waals surface area contributed by atoms with Gasteiger partial charge in [-0.15, -0.1) is 24.0 Å². The van der Waals surface area contributed by atoms with Gasteiger partial charge in [-0.25, -0.2) is 12.8 Å². The molecule has 0 saturated heterocycles. The third kappa shape index (κ3) is 7.75. The highest BCUT2D eigenvalue weighted by molar-refractivity contribution is 14.0. The summed E-state index contributed by atoms with van der Waals surface area (Å²) in [6, 6.07) is 12.3. The van der Waals surface area contributed by atoms with E-state index in [2.05, 4.69) is 34.7 Å². The molecule has 0 saturated carbocycles. The van der Waals surface area contributed by atoms with Crippen LogP contribution in [0.15, 0.2) is 47.5 Å². The molecule has 2 N–H and O–H groups in total. The zero-order valence-electron chi connectivity index (χ0n) is 16.3. The van der Waals surface area contributed by atoms with Crippen molar-refractivity contribution in [2.45, 2.75) is 32.2 Å². The molecular formula is C20H27FIN3O2S. The Hall–Kier alpha value is -1.68. The van der Waals surface area contributed by atoms with Crippen molar-refractivity contribution in [1.29, 1.82) is 0 Å². The summed E-state index contributed by atoms with van der Waals surface area (Å²) in [5.74, 6) is 0.0413. The van der Waals surface area contributed by atoms with E-state index in [4.69, 9.17) is 0 Å². The summed E-state index contributed by atoms with van der Waals surface area (Å²) in [4.78, 5) is 4.18. The summed E-state index contributed by atoms with van der Waals surface area (Å²) in [5.41, 5.74) is 3.63. The molecule has 0 amide bonds. The standard InChI is InChI=1S/C20H26FN3O2S.HI/c1-4-15-7-5-6-8-16(15)12-23-20(22-2)24-13-18-11-19(21)10-9-17(18)14-27(3,25)26;/h5-11H,4,12-14H2,1-3H3,(H2,22,23,24);1H. The van der Waals surface area contributed by atoms with E-state index in [1.165, 1.54) is 35.6 Å². The van der Waals surface area contributed by atoms with Crippen molar-refractivity contribution in [2.24, 2.45) is 4.99 Å². The van der Waals surface area contributed by atoms with Gasteiger partial charge in [-0.2, -0.15) is 0 Å². The molecular weight excluding hydrogens is 492 g/mol. The molecule has 0 heterocycles. The SMILES string of the molecule is CCc1ccccc1CNC(=NC)NCc1cc(F)ccc1CS(C)(=O)=O.I. The molecule has 0 fully saturated rings. The van der Waals surface area contributed by atoms with Crippen LogP contribution < -0.4 is 10.6 Å². The van der Waals surface area contributed by atoms with Gasteiger partial charge in [0.05, 0.1) is 5.75 Å². The second-order valence-electron chi connectivity index (χ2n) is 6.38. The second-order valence-corrected chi connectivity index (χ2v) is 8.52. The molecule has 0 spiro atoms. The number of aryl methyl sites for hydroxylation is 1. The first-order valence-corrected chi connectivity index (χ1v) is 10.8. The minimum absolute atomic E-state index is 0. The Morgan fingerprint density at radius 1 is 1.00 bits per heavy atom. The lowest BCUT2D eigenvalue weighted by molar-refractivity contribution is 0.599. The Morgan fingerprint density at radius 3 is 2.18 bits per heavy atom. The highest BCUT2D eigenvalue weighted by atomic mass is 127. The van der Waals surface area contributed by atoms with E-state index in [0.717, 1.165) is 6.42 Å². The number of hydrogen-bond acceptors (Lipinski definition) is 3. The molecule has 0 radical (unpaired) electrons. The van der Waals surface area contributed by atoms with Crippen LogP contribution >= 0.6 is 24.0 Å². The average molecular weight is 519 g/mol. The molecule has 2 aromatic rings. The molecule has 0 aliphatic heterocycles. The molecule has 0 aliphatic carbocycles. The van der Waals surface area contributed by atoms with E-state index in [1.54, 1.807) is 7.05 Å². The van der Waals surface area contributed by atoms with Gasteiger partial charge in [0.2, 0.25) is 0 Å². The maximum Gasteiger partial charge on any atom is 0.191 e. The lowest BCUT2D eigenvalue weighted by Crippen LogP contribution is -2.36. The fourth-order valence-electron chi connectivity index (χ4n) is 2.84. The van der Waals surface area contributed by atoms with Crippen LogP contribution in [0.5, 0.6) is 0 Å². The minimum atomic E-state index is -3.21. The van der Waals surface area contributed by atoms with Gasteiger partial charge in [0.25, 0.3) is 0 Å². The van der Waals surface area contributed by atoms with E-state index < -0.39 is 15.7 Å². The van der Waals surface area contributed by atoms with Crippen LogP contribution in [0.1, 0.15) is 29.2 Å². The van der Waals surface area contributed by atoms with Gasteiger partial charge >= 0.3 is 0 Å². The number of aliphatic imine (C=N–C) groups is 1. The van der Waals surface area contributed by atoms with Crippen LogP contribution in [0.2, 0.25) is 0 Å². The van der Waals surface area contributed by atoms with Crippen LogP contribution in [0, 0.1) is 5.82 Å². The molecule has 28 heavy (non-hydrogen) atoms. The normalized spacial score (nSPS) is 11.6. The molecule has 0 atom stereocenters. The predicted octanol–water partition coefficient (Wildman–Crippen LogP) is 3.42. The van der Waals surface area contributed by atoms with Gasteiger partial charge in [-0.3, -0.25) is 4.99 Å². The van der Waals surface area contributed by atoms with Crippen molar-refractivity contribution in [3.05, 3.63) is 70.5 Å². The molecule has 2 aromatic carbocycles. The Morgan fingerprint density at radius 2 is 1.61 bits per heavy atom. The number of benzene rings is 2. The smallest absolute Gasteiger partial charge is 0.191 e. The number of nitrogens with one attached hydrogen (secondary N) is 2. The van der Waals surface area contributed by atoms with E-state index in [1.807, 2.05) is 12.1 Å². The van der Waals surface area contributed by atoms with Crippen molar-refractivity contribution in [3.63, 3.8) is 0 Å². The summed E-state index contributed by atoms with van der Waals surface area (Å²) in [7, 11) is -1.55. The highest BCUT2D eigenvalue weighted by Gasteiger charge is 2.11. The summed E-state index contributed by atoms with van der Waals surface area (Å²) < 4.78 is 36.8. The van der Waals surface area contributed by atoms with Gasteiger partial charge < -0.3 is 10.6 Å². The minimum Gasteiger partial charge on any atom is -0.352 e. The van der Waals surface area contributed by atoms with Crippen LogP contribution in [0.25, 0.3) is 0 Å². The molecule has 0 bridgehead atoms. The maximum atomic E-state index is 13.6. The Kier molecular flexibility index (Phi) is 9.88. The quantitative estimate of drug-likeness (QED) is 0.334. The Labute approximate surface area is 183 Å². The van der Waals surface area contributed by atoms with Gasteiger partial charge in [-0.05, 0) is 40.8 Å². The van der Waals surface area contributed by atoms with Gasteiger partial charge in [-0.1, -0.05) is 37.3 Å². The number of rotatable bonds is 7. The molecule has 8 heteroatoms. The predicted molar refractivity (Wildman–Crippen MR) is 123 cm³/mol. The fraction of sp³-hybridized carbons (Fsp3) is 0.350. The molecule has 0 aliphatic rings. The lowest BCUT2D eigenvalue weighted by Gasteiger charge is -2.15. The fourth-order valence-corrected chi connectivity index (χ4v) is 3.68. The van der Waals surface area contributed by atoms with E-state index in [9.17, 15) is 12.8 Å². The molecule has 0 aromatic heterocycles. The monoisotopic (exact) mass is 519 g/mol. The van der Waals surface area contributed by atoms with E-state index in [0.29, 0.717) is 23.6 Å². The summed E-state index contributed by atoms with van der Waals surface area (Å²) in [6.45, 7) is 3.00. The van der Waals surface area contributed by atoms with Crippen molar-refractivity contribution in [1.82, 2.24) is 10.6 Å². The Bertz CT molecular complexity index is 917. The average Bonchev–Trinajstić information content (AvgIpc) is 2.63. The van der Waals surface area contributed by atoms with Gasteiger partial charge in [0.15, 0.2) is 15.8 Å². The Balaban J connectivity index is 0.00000392. The zero-order chi connectivity index (χ0) is 19.9. The lowest BCUT2D eigenvalue weighted by atomic mass is 10.1. The number of sulfone groups is 1. The molecule has 154 valence electrons. The number of hydrogen-bond donors (Lipinski definition) is 2. The van der Waals surface area contributed by atoms with E-state index in [-0.39, 0.29) is 36.3 Å². The highest BCUT2D eigenvalue weighted by Crippen LogP contribution is 2.14. The van der Waals surface area contributed by atoms with Crippen molar-refractivity contribution < 1.29 is 12.8 Å². The van der Waals surface area contributed by atoms with Crippen LogP contribution in [0.3, 0.4) is 0 Å². The van der Waals surface area contributed by atoms with Crippen LogP contribution in [0.4, 0.5) is 4.39 Å². The summed E-state index contributed by atoms with van der Waals surface area (Å²) in [5, 5.41) is 6.36. The number of halogens is 2. The van der Waals surface area contributed by atoms with Crippen molar-refractivity contribution >= 4 is 39.8 Å². The summed E-state index contributed by atoms with van der Waals surface area (Å²) >= 11 is 0. The van der Waals surface area contributed by atoms with Crippen molar-refractivity contribution in [3.8, 4) is 0 Å². The molecule has 2 rings (SSSR count). The number of guanidine groups is 1.